The molecule has 0 fully saturated rings. The van der Waals surface area contributed by atoms with E-state index in [9.17, 15) is 0 Å². The predicted octanol–water partition coefficient (Wildman–Crippen LogP) is 5.08. The minimum absolute atomic E-state index is 0.803. The van der Waals surface area contributed by atoms with Gasteiger partial charge in [0.2, 0.25) is 0 Å². The van der Waals surface area contributed by atoms with Gasteiger partial charge >= 0.3 is 0 Å². The Morgan fingerprint density at radius 1 is 1.38 bits per heavy atom. The minimum atomic E-state index is 0.803. The Kier molecular flexibility index (Phi) is 3.90. The number of aryl methyl sites for hydroxylation is 1. The van der Waals surface area contributed by atoms with E-state index < -0.39 is 0 Å². The summed E-state index contributed by atoms with van der Waals surface area (Å²) in [6.07, 6.45) is 0. The first-order valence-corrected chi connectivity index (χ1v) is 6.93. The SMILES string of the molecule is Cc1ccc(NCc2cc(Br)cs2)cc1Cl. The van der Waals surface area contributed by atoms with Gasteiger partial charge < -0.3 is 5.32 Å². The van der Waals surface area contributed by atoms with Crippen molar-refractivity contribution >= 4 is 44.6 Å². The smallest absolute Gasteiger partial charge is 0.0494 e. The Morgan fingerprint density at radius 3 is 2.81 bits per heavy atom. The molecule has 0 aliphatic carbocycles. The Bertz CT molecular complexity index is 496. The zero-order valence-corrected chi connectivity index (χ0v) is 11.9. The standard InChI is InChI=1S/C12H11BrClNS/c1-8-2-3-10(5-12(8)14)15-6-11-4-9(13)7-16-11/h2-5,7,15H,6H2,1H3. The van der Waals surface area contributed by atoms with Crippen molar-refractivity contribution < 1.29 is 0 Å². The minimum Gasteiger partial charge on any atom is -0.380 e. The quantitative estimate of drug-likeness (QED) is 0.832. The number of rotatable bonds is 3. The van der Waals surface area contributed by atoms with Crippen LogP contribution in [0.5, 0.6) is 0 Å². The van der Waals surface area contributed by atoms with E-state index in [0.29, 0.717) is 0 Å². The molecule has 0 radical (unpaired) electrons. The van der Waals surface area contributed by atoms with Gasteiger partial charge in [-0.3, -0.25) is 0 Å². The summed E-state index contributed by atoms with van der Waals surface area (Å²) in [7, 11) is 0. The molecule has 1 nitrogen and oxygen atoms in total. The van der Waals surface area contributed by atoms with E-state index >= 15 is 0 Å². The molecule has 0 saturated heterocycles. The average molecular weight is 317 g/mol. The third kappa shape index (κ3) is 3.00. The van der Waals surface area contributed by atoms with Crippen molar-refractivity contribution in [2.75, 3.05) is 5.32 Å². The van der Waals surface area contributed by atoms with Gasteiger partial charge in [-0.1, -0.05) is 17.7 Å². The predicted molar refractivity (Wildman–Crippen MR) is 75.5 cm³/mol. The van der Waals surface area contributed by atoms with Gasteiger partial charge in [0.15, 0.2) is 0 Å². The molecule has 0 unspecified atom stereocenters. The largest absolute Gasteiger partial charge is 0.380 e. The van der Waals surface area contributed by atoms with Crippen molar-refractivity contribution in [2.24, 2.45) is 0 Å². The van der Waals surface area contributed by atoms with Crippen LogP contribution in [0.3, 0.4) is 0 Å². The summed E-state index contributed by atoms with van der Waals surface area (Å²) >= 11 is 11.2. The van der Waals surface area contributed by atoms with Crippen LogP contribution < -0.4 is 5.32 Å². The van der Waals surface area contributed by atoms with E-state index in [-0.39, 0.29) is 0 Å². The first kappa shape index (κ1) is 12.0. The van der Waals surface area contributed by atoms with Crippen LogP contribution in [-0.4, -0.2) is 0 Å². The van der Waals surface area contributed by atoms with Crippen LogP contribution in [0.15, 0.2) is 34.1 Å². The molecular formula is C12H11BrClNS. The maximum Gasteiger partial charge on any atom is 0.0494 e. The van der Waals surface area contributed by atoms with Crippen molar-refractivity contribution in [1.29, 1.82) is 0 Å². The van der Waals surface area contributed by atoms with Crippen molar-refractivity contribution in [3.05, 3.63) is 49.6 Å². The molecule has 1 heterocycles. The highest BCUT2D eigenvalue weighted by Crippen LogP contribution is 2.23. The maximum absolute atomic E-state index is 6.05. The van der Waals surface area contributed by atoms with E-state index in [4.69, 9.17) is 11.6 Å². The molecule has 0 aliphatic heterocycles. The van der Waals surface area contributed by atoms with E-state index in [0.717, 1.165) is 27.3 Å². The van der Waals surface area contributed by atoms with Gasteiger partial charge in [0, 0.05) is 32.0 Å². The monoisotopic (exact) mass is 315 g/mol. The molecule has 84 valence electrons. The first-order valence-electron chi connectivity index (χ1n) is 4.88. The molecule has 2 rings (SSSR count). The lowest BCUT2D eigenvalue weighted by atomic mass is 10.2. The number of hydrogen-bond donors (Lipinski definition) is 1. The first-order chi connectivity index (χ1) is 7.65. The lowest BCUT2D eigenvalue weighted by Gasteiger charge is -2.06. The van der Waals surface area contributed by atoms with Crippen LogP contribution in [0.2, 0.25) is 5.02 Å². The Balaban J connectivity index is 2.02. The third-order valence-corrected chi connectivity index (χ3v) is 4.37. The highest BCUT2D eigenvalue weighted by molar-refractivity contribution is 9.10. The fourth-order valence-electron chi connectivity index (χ4n) is 1.34. The summed E-state index contributed by atoms with van der Waals surface area (Å²) < 4.78 is 1.14. The van der Waals surface area contributed by atoms with Crippen LogP contribution in [0.1, 0.15) is 10.4 Å². The number of nitrogens with one attached hydrogen (secondary N) is 1. The Labute approximate surface area is 113 Å². The number of halogens is 2. The van der Waals surface area contributed by atoms with Gasteiger partial charge in [-0.05, 0) is 46.6 Å². The van der Waals surface area contributed by atoms with Gasteiger partial charge in [0.25, 0.3) is 0 Å². The van der Waals surface area contributed by atoms with Crippen LogP contribution in [0, 0.1) is 6.92 Å². The van der Waals surface area contributed by atoms with Crippen LogP contribution in [0.25, 0.3) is 0 Å². The zero-order valence-electron chi connectivity index (χ0n) is 8.76. The second kappa shape index (κ2) is 5.21. The van der Waals surface area contributed by atoms with Crippen LogP contribution in [-0.2, 0) is 6.54 Å². The molecule has 16 heavy (non-hydrogen) atoms. The van der Waals surface area contributed by atoms with Crippen molar-refractivity contribution in [3.8, 4) is 0 Å². The van der Waals surface area contributed by atoms with Gasteiger partial charge in [-0.25, -0.2) is 0 Å². The fraction of sp³-hybridized carbons (Fsp3) is 0.167. The molecule has 1 N–H and O–H groups in total. The summed E-state index contributed by atoms with van der Waals surface area (Å²) in [5.41, 5.74) is 2.16. The summed E-state index contributed by atoms with van der Waals surface area (Å²) in [4.78, 5) is 1.29. The Morgan fingerprint density at radius 2 is 2.19 bits per heavy atom. The summed E-state index contributed by atoms with van der Waals surface area (Å²) in [5, 5.41) is 6.23. The summed E-state index contributed by atoms with van der Waals surface area (Å²) in [6, 6.07) is 8.14. The number of benzene rings is 1. The topological polar surface area (TPSA) is 12.0 Å². The summed E-state index contributed by atoms with van der Waals surface area (Å²) in [5.74, 6) is 0. The third-order valence-electron chi connectivity index (χ3n) is 2.26. The van der Waals surface area contributed by atoms with Gasteiger partial charge in [-0.2, -0.15) is 0 Å². The zero-order chi connectivity index (χ0) is 11.5. The van der Waals surface area contributed by atoms with Crippen molar-refractivity contribution in [1.82, 2.24) is 0 Å². The lowest BCUT2D eigenvalue weighted by Crippen LogP contribution is -1.97. The molecule has 4 heteroatoms. The van der Waals surface area contributed by atoms with E-state index in [1.54, 1.807) is 11.3 Å². The molecule has 0 aliphatic rings. The highest BCUT2D eigenvalue weighted by Gasteiger charge is 2.00. The molecular weight excluding hydrogens is 306 g/mol. The van der Waals surface area contributed by atoms with E-state index in [1.807, 2.05) is 25.1 Å². The molecule has 2 aromatic rings. The Hall–Kier alpha value is -0.510. The second-order valence-corrected chi connectivity index (χ2v) is 5.87. The van der Waals surface area contributed by atoms with Crippen LogP contribution in [0.4, 0.5) is 5.69 Å². The fourth-order valence-corrected chi connectivity index (χ4v) is 2.91. The van der Waals surface area contributed by atoms with Crippen LogP contribution >= 0.6 is 38.9 Å². The summed E-state index contributed by atoms with van der Waals surface area (Å²) in [6.45, 7) is 2.83. The van der Waals surface area contributed by atoms with Gasteiger partial charge in [0.05, 0.1) is 0 Å². The van der Waals surface area contributed by atoms with Crippen molar-refractivity contribution in [3.63, 3.8) is 0 Å². The molecule has 0 bridgehead atoms. The molecule has 0 spiro atoms. The highest BCUT2D eigenvalue weighted by atomic mass is 79.9. The average Bonchev–Trinajstić information content (AvgIpc) is 2.66. The second-order valence-electron chi connectivity index (χ2n) is 3.55. The van der Waals surface area contributed by atoms with E-state index in [1.165, 1.54) is 4.88 Å². The number of thiophene rings is 1. The maximum atomic E-state index is 6.05. The lowest BCUT2D eigenvalue weighted by molar-refractivity contribution is 1.19. The van der Waals surface area contributed by atoms with Gasteiger partial charge in [-0.15, -0.1) is 11.3 Å². The van der Waals surface area contributed by atoms with Gasteiger partial charge in [0.1, 0.15) is 0 Å². The van der Waals surface area contributed by atoms with Crippen molar-refractivity contribution in [2.45, 2.75) is 13.5 Å². The molecule has 1 aromatic heterocycles. The molecule has 0 saturated carbocycles. The molecule has 1 aromatic carbocycles. The molecule has 0 atom stereocenters. The normalized spacial score (nSPS) is 10.4. The molecule has 0 amide bonds. The number of anilines is 1. The van der Waals surface area contributed by atoms with E-state index in [2.05, 4.69) is 32.7 Å². The number of hydrogen-bond acceptors (Lipinski definition) is 2.